The van der Waals surface area contributed by atoms with Gasteiger partial charge in [0.1, 0.15) is 5.69 Å². The van der Waals surface area contributed by atoms with Gasteiger partial charge in [-0.2, -0.15) is 10.2 Å². The largest absolute Gasteiger partial charge is 0.305 e. The van der Waals surface area contributed by atoms with E-state index in [1.165, 1.54) is 0 Å². The Labute approximate surface area is 202 Å². The summed E-state index contributed by atoms with van der Waals surface area (Å²) in [5.41, 5.74) is 4.73. The number of aromatic nitrogens is 4. The first-order valence-corrected chi connectivity index (χ1v) is 11.3. The number of hydrogen-bond donors (Lipinski definition) is 1. The first-order valence-electron chi connectivity index (χ1n) is 10.9. The van der Waals surface area contributed by atoms with Crippen LogP contribution in [-0.2, 0) is 6.54 Å². The molecule has 0 radical (unpaired) electrons. The monoisotopic (exact) mass is 467 g/mol. The molecule has 0 atom stereocenters. The summed E-state index contributed by atoms with van der Waals surface area (Å²) in [6.45, 7) is 2.48. The Morgan fingerprint density at radius 2 is 1.56 bits per heavy atom. The van der Waals surface area contributed by atoms with Crippen LogP contribution >= 0.6 is 11.6 Å². The highest BCUT2D eigenvalue weighted by molar-refractivity contribution is 6.30. The van der Waals surface area contributed by atoms with Gasteiger partial charge in [0.2, 0.25) is 0 Å². The second kappa shape index (κ2) is 9.37. The van der Waals surface area contributed by atoms with E-state index in [0.29, 0.717) is 28.6 Å². The Kier molecular flexibility index (Phi) is 5.97. The quantitative estimate of drug-likeness (QED) is 0.333. The maximum atomic E-state index is 13.5. The SMILES string of the molecule is Cc1c(C(=O)Nc2ccn(Cc3ccc(Cl)cc3)n2)c(-c2ccccc2)nn1-c1ccccc1. The molecule has 7 heteroatoms. The van der Waals surface area contributed by atoms with Gasteiger partial charge in [-0.05, 0) is 36.8 Å². The number of halogens is 1. The zero-order valence-electron chi connectivity index (χ0n) is 18.5. The van der Waals surface area contributed by atoms with E-state index >= 15 is 0 Å². The van der Waals surface area contributed by atoms with E-state index in [9.17, 15) is 4.79 Å². The van der Waals surface area contributed by atoms with E-state index in [2.05, 4.69) is 10.4 Å². The van der Waals surface area contributed by atoms with Crippen LogP contribution in [0.2, 0.25) is 5.02 Å². The molecule has 0 saturated carbocycles. The molecule has 0 aliphatic heterocycles. The van der Waals surface area contributed by atoms with Gasteiger partial charge in [-0.15, -0.1) is 0 Å². The maximum Gasteiger partial charge on any atom is 0.261 e. The van der Waals surface area contributed by atoms with Crippen molar-refractivity contribution >= 4 is 23.3 Å². The Balaban J connectivity index is 1.45. The zero-order chi connectivity index (χ0) is 23.5. The number of benzene rings is 3. The van der Waals surface area contributed by atoms with Crippen LogP contribution in [0.1, 0.15) is 21.6 Å². The third kappa shape index (κ3) is 4.49. The average molecular weight is 468 g/mol. The van der Waals surface area contributed by atoms with E-state index < -0.39 is 0 Å². The maximum absolute atomic E-state index is 13.5. The van der Waals surface area contributed by atoms with E-state index in [1.807, 2.05) is 98.0 Å². The van der Waals surface area contributed by atoms with E-state index in [0.717, 1.165) is 22.5 Å². The van der Waals surface area contributed by atoms with Crippen LogP contribution in [0.4, 0.5) is 5.82 Å². The number of rotatable bonds is 6. The fourth-order valence-corrected chi connectivity index (χ4v) is 3.99. The van der Waals surface area contributed by atoms with Crippen LogP contribution in [-0.4, -0.2) is 25.5 Å². The third-order valence-electron chi connectivity index (χ3n) is 5.53. The van der Waals surface area contributed by atoms with Crippen molar-refractivity contribution in [3.05, 3.63) is 119 Å². The molecule has 1 amide bonds. The van der Waals surface area contributed by atoms with Crippen molar-refractivity contribution < 1.29 is 4.79 Å². The molecule has 0 unspecified atom stereocenters. The molecule has 2 aromatic heterocycles. The van der Waals surface area contributed by atoms with Gasteiger partial charge < -0.3 is 5.32 Å². The van der Waals surface area contributed by atoms with E-state index in [4.69, 9.17) is 16.7 Å². The zero-order valence-corrected chi connectivity index (χ0v) is 19.3. The van der Waals surface area contributed by atoms with E-state index in [1.54, 1.807) is 15.4 Å². The molecule has 168 valence electrons. The van der Waals surface area contributed by atoms with Gasteiger partial charge in [0.25, 0.3) is 5.91 Å². The van der Waals surface area contributed by atoms with Crippen LogP contribution in [0.15, 0.2) is 97.2 Å². The Morgan fingerprint density at radius 1 is 0.882 bits per heavy atom. The lowest BCUT2D eigenvalue weighted by Crippen LogP contribution is -2.15. The van der Waals surface area contributed by atoms with Crippen molar-refractivity contribution in [3.63, 3.8) is 0 Å². The lowest BCUT2D eigenvalue weighted by molar-refractivity contribution is 0.102. The number of anilines is 1. The van der Waals surface area contributed by atoms with Crippen molar-refractivity contribution in [3.8, 4) is 16.9 Å². The molecule has 0 spiro atoms. The molecule has 5 rings (SSSR count). The molecule has 0 bridgehead atoms. The predicted molar refractivity (Wildman–Crippen MR) is 134 cm³/mol. The topological polar surface area (TPSA) is 64.7 Å². The van der Waals surface area contributed by atoms with Gasteiger partial charge in [0.15, 0.2) is 5.82 Å². The average Bonchev–Trinajstić information content (AvgIpc) is 3.45. The molecule has 0 fully saturated rings. The van der Waals surface area contributed by atoms with Gasteiger partial charge >= 0.3 is 0 Å². The summed E-state index contributed by atoms with van der Waals surface area (Å²) in [4.78, 5) is 13.5. The standard InChI is InChI=1S/C27H22ClN5O/c1-19-25(26(21-8-4-2-5-9-21)31-33(19)23-10-6-3-7-11-23)27(34)29-24-16-17-32(30-24)18-20-12-14-22(28)15-13-20/h2-17H,18H2,1H3,(H,29,30,34). The molecule has 3 aromatic carbocycles. The number of carbonyl (C=O) groups is 1. The molecular weight excluding hydrogens is 446 g/mol. The van der Waals surface area contributed by atoms with Crippen molar-refractivity contribution in [2.45, 2.75) is 13.5 Å². The molecule has 2 heterocycles. The molecule has 5 aromatic rings. The number of hydrogen-bond acceptors (Lipinski definition) is 3. The third-order valence-corrected chi connectivity index (χ3v) is 5.78. The van der Waals surface area contributed by atoms with Gasteiger partial charge in [0.05, 0.1) is 23.5 Å². The lowest BCUT2D eigenvalue weighted by atomic mass is 10.1. The fraction of sp³-hybridized carbons (Fsp3) is 0.0741. The van der Waals surface area contributed by atoms with Crippen LogP contribution in [0.5, 0.6) is 0 Å². The van der Waals surface area contributed by atoms with Crippen LogP contribution in [0.25, 0.3) is 16.9 Å². The van der Waals surface area contributed by atoms with Crippen molar-refractivity contribution in [1.29, 1.82) is 0 Å². The number of amides is 1. The minimum atomic E-state index is -0.254. The van der Waals surface area contributed by atoms with E-state index in [-0.39, 0.29) is 5.91 Å². The predicted octanol–water partition coefficient (Wildman–Crippen LogP) is 6.00. The van der Waals surface area contributed by atoms with Crippen LogP contribution in [0.3, 0.4) is 0 Å². The minimum absolute atomic E-state index is 0.254. The highest BCUT2D eigenvalue weighted by Gasteiger charge is 2.23. The molecule has 0 aliphatic carbocycles. The number of carbonyl (C=O) groups excluding carboxylic acids is 1. The summed E-state index contributed by atoms with van der Waals surface area (Å²) in [7, 11) is 0. The van der Waals surface area contributed by atoms with Gasteiger partial charge in [0, 0.05) is 22.8 Å². The normalized spacial score (nSPS) is 10.9. The van der Waals surface area contributed by atoms with Crippen LogP contribution in [0, 0.1) is 6.92 Å². The van der Waals surface area contributed by atoms with Crippen molar-refractivity contribution in [1.82, 2.24) is 19.6 Å². The molecule has 1 N–H and O–H groups in total. The Morgan fingerprint density at radius 3 is 2.26 bits per heavy atom. The van der Waals surface area contributed by atoms with Gasteiger partial charge in [-0.3, -0.25) is 9.48 Å². The summed E-state index contributed by atoms with van der Waals surface area (Å²) >= 11 is 5.97. The minimum Gasteiger partial charge on any atom is -0.305 e. The fourth-order valence-electron chi connectivity index (χ4n) is 3.86. The Bertz CT molecular complexity index is 1420. The second-order valence-corrected chi connectivity index (χ2v) is 8.34. The van der Waals surface area contributed by atoms with Gasteiger partial charge in [-0.1, -0.05) is 72.3 Å². The summed E-state index contributed by atoms with van der Waals surface area (Å²) in [5, 5.41) is 13.0. The highest BCUT2D eigenvalue weighted by atomic mass is 35.5. The molecule has 6 nitrogen and oxygen atoms in total. The molecule has 34 heavy (non-hydrogen) atoms. The lowest BCUT2D eigenvalue weighted by Gasteiger charge is -2.06. The number of para-hydroxylation sites is 1. The number of nitrogens with zero attached hydrogens (tertiary/aromatic N) is 4. The first-order chi connectivity index (χ1) is 16.6. The number of nitrogens with one attached hydrogen (secondary N) is 1. The van der Waals surface area contributed by atoms with Gasteiger partial charge in [-0.25, -0.2) is 4.68 Å². The highest BCUT2D eigenvalue weighted by Crippen LogP contribution is 2.28. The van der Waals surface area contributed by atoms with Crippen molar-refractivity contribution in [2.24, 2.45) is 0 Å². The van der Waals surface area contributed by atoms with Crippen molar-refractivity contribution in [2.75, 3.05) is 5.32 Å². The smallest absolute Gasteiger partial charge is 0.261 e. The molecule has 0 saturated heterocycles. The molecular formula is C27H22ClN5O. The second-order valence-electron chi connectivity index (χ2n) is 7.90. The summed E-state index contributed by atoms with van der Waals surface area (Å²) < 4.78 is 3.58. The molecule has 0 aliphatic rings. The Hall–Kier alpha value is -4.16. The summed E-state index contributed by atoms with van der Waals surface area (Å²) in [6.07, 6.45) is 1.84. The first kappa shape index (κ1) is 21.7. The summed E-state index contributed by atoms with van der Waals surface area (Å²) in [5.74, 6) is 0.222. The van der Waals surface area contributed by atoms with Crippen LogP contribution < -0.4 is 5.32 Å². The summed E-state index contributed by atoms with van der Waals surface area (Å²) in [6, 6.07) is 28.9.